The highest BCUT2D eigenvalue weighted by molar-refractivity contribution is 6.30. The second kappa shape index (κ2) is 19.1. The van der Waals surface area contributed by atoms with Crippen molar-refractivity contribution in [3.8, 4) is 0 Å². The summed E-state index contributed by atoms with van der Waals surface area (Å²) in [5.74, 6) is -6.63. The van der Waals surface area contributed by atoms with E-state index < -0.39 is 77.4 Å². The average Bonchev–Trinajstić information content (AvgIpc) is 3.05. The highest BCUT2D eigenvalue weighted by Gasteiger charge is 2.45. The predicted molar refractivity (Wildman–Crippen MR) is 192 cm³/mol. The Hall–Kier alpha value is -5.18. The highest BCUT2D eigenvalue weighted by atomic mass is 35.5. The number of hydrogen-bond acceptors (Lipinski definition) is 8. The van der Waals surface area contributed by atoms with Crippen LogP contribution in [0, 0.1) is 5.92 Å². The first-order valence-corrected chi connectivity index (χ1v) is 16.7. The van der Waals surface area contributed by atoms with Gasteiger partial charge in [0, 0.05) is 23.7 Å². The zero-order valence-corrected chi connectivity index (χ0v) is 31.2. The van der Waals surface area contributed by atoms with Gasteiger partial charge < -0.3 is 30.0 Å². The fourth-order valence-electron chi connectivity index (χ4n) is 4.74. The van der Waals surface area contributed by atoms with E-state index in [0.29, 0.717) is 16.3 Å². The molecule has 12 nitrogen and oxygen atoms in total. The number of halogens is 4. The zero-order chi connectivity index (χ0) is 40.3. The Balaban J connectivity index is 2.54. The number of amides is 3. The number of pyridine rings is 1. The van der Waals surface area contributed by atoms with E-state index >= 15 is 0 Å². The van der Waals surface area contributed by atoms with Crippen LogP contribution in [0.3, 0.4) is 0 Å². The molecule has 0 aliphatic heterocycles. The lowest BCUT2D eigenvalue weighted by Gasteiger charge is -2.27. The standard InChI is InChI=1S/C37H44ClF3N4O8/c1-9-26(52-8)15-13-22(4)31(35(51)43-30(21(2)3)32(48)37(39,40)41)44-34(50)27(18-23-11-10-12-25(38)17-23)42-33(49)24-14-16-28(46)45(19-24)20-29(47)53-36(5,6)7/h9-17,19,21,27,30-31H,4,18,20H2,1-3,5-8H3,(H,42,49)(H,43,51)(H,44,50)/b15-13-,26-9+/t27-,30-,31-/m0/s1. The Bertz CT molecular complexity index is 1810. The SMILES string of the molecule is C=C(/C=C\C(=C/C)OC)[C@H](NC(=O)[C@H](Cc1cccc(Cl)c1)NC(=O)c1ccc(=O)n(CC(=O)OC(C)(C)C)c1)C(=O)N[C@H](C(=O)C(F)(F)F)C(C)C. The van der Waals surface area contributed by atoms with Crippen LogP contribution in [0.25, 0.3) is 0 Å². The van der Waals surface area contributed by atoms with E-state index in [4.69, 9.17) is 21.1 Å². The van der Waals surface area contributed by atoms with Crippen molar-refractivity contribution < 1.29 is 46.6 Å². The number of benzene rings is 1. The summed E-state index contributed by atoms with van der Waals surface area (Å²) in [6.45, 7) is 12.5. The van der Waals surface area contributed by atoms with Gasteiger partial charge in [-0.25, -0.2) is 0 Å². The largest absolute Gasteiger partial charge is 0.497 e. The first-order chi connectivity index (χ1) is 24.6. The molecule has 3 atom stereocenters. The molecule has 0 radical (unpaired) electrons. The number of nitrogens with zero attached hydrogens (tertiary/aromatic N) is 1. The smallest absolute Gasteiger partial charge is 0.452 e. The molecule has 0 saturated heterocycles. The third kappa shape index (κ3) is 14.0. The number of Topliss-reactive ketones (excluding diaryl/α,β-unsaturated/α-hetero) is 1. The van der Waals surface area contributed by atoms with Gasteiger partial charge in [-0.15, -0.1) is 0 Å². The van der Waals surface area contributed by atoms with Crippen molar-refractivity contribution in [2.75, 3.05) is 7.11 Å². The average molecular weight is 765 g/mol. The molecule has 0 unspecified atom stereocenters. The lowest BCUT2D eigenvalue weighted by atomic mass is 9.97. The summed E-state index contributed by atoms with van der Waals surface area (Å²) in [7, 11) is 1.37. The maximum absolute atomic E-state index is 14.0. The lowest BCUT2D eigenvalue weighted by molar-refractivity contribution is -0.175. The van der Waals surface area contributed by atoms with Crippen molar-refractivity contribution in [1.82, 2.24) is 20.5 Å². The molecule has 1 aromatic carbocycles. The van der Waals surface area contributed by atoms with Gasteiger partial charge in [-0.3, -0.25) is 28.8 Å². The van der Waals surface area contributed by atoms with Crippen LogP contribution in [0.4, 0.5) is 13.2 Å². The van der Waals surface area contributed by atoms with Crippen LogP contribution in [0.2, 0.25) is 5.02 Å². The number of methoxy groups -OCH3 is 1. The molecule has 0 aliphatic rings. The molecule has 0 fully saturated rings. The first kappa shape index (κ1) is 44.0. The highest BCUT2D eigenvalue weighted by Crippen LogP contribution is 2.22. The third-order valence-corrected chi connectivity index (χ3v) is 7.58. The Kier molecular flexibility index (Phi) is 15.8. The summed E-state index contributed by atoms with van der Waals surface area (Å²) in [6.07, 6.45) is -0.0951. The van der Waals surface area contributed by atoms with Crippen molar-refractivity contribution in [3.05, 3.63) is 105 Å². The molecule has 3 N–H and O–H groups in total. The number of carbonyl (C=O) groups is 5. The third-order valence-electron chi connectivity index (χ3n) is 7.34. The molecular weight excluding hydrogens is 721 g/mol. The number of allylic oxidation sites excluding steroid dienone is 2. The number of ketones is 1. The summed E-state index contributed by atoms with van der Waals surface area (Å²) >= 11 is 6.15. The van der Waals surface area contributed by atoms with Gasteiger partial charge in [0.15, 0.2) is 0 Å². The van der Waals surface area contributed by atoms with Crippen molar-refractivity contribution in [2.24, 2.45) is 5.92 Å². The van der Waals surface area contributed by atoms with E-state index in [0.717, 1.165) is 16.8 Å². The van der Waals surface area contributed by atoms with Gasteiger partial charge in [0.05, 0.1) is 18.7 Å². The molecule has 3 amide bonds. The molecule has 288 valence electrons. The number of alkyl halides is 3. The Morgan fingerprint density at radius 2 is 1.64 bits per heavy atom. The monoisotopic (exact) mass is 764 g/mol. The predicted octanol–water partition coefficient (Wildman–Crippen LogP) is 4.60. The van der Waals surface area contributed by atoms with Gasteiger partial charge in [-0.2, -0.15) is 13.2 Å². The van der Waals surface area contributed by atoms with E-state index in [1.54, 1.807) is 52.0 Å². The van der Waals surface area contributed by atoms with E-state index in [2.05, 4.69) is 22.5 Å². The Labute approximate surface area is 310 Å². The molecule has 0 saturated carbocycles. The van der Waals surface area contributed by atoms with E-state index in [1.807, 2.05) is 0 Å². The number of carbonyl (C=O) groups excluding carboxylic acids is 5. The Morgan fingerprint density at radius 3 is 2.19 bits per heavy atom. The second-order valence-corrected chi connectivity index (χ2v) is 13.6. The number of rotatable bonds is 16. The number of nitrogens with one attached hydrogen (secondary N) is 3. The van der Waals surface area contributed by atoms with Crippen molar-refractivity contribution in [2.45, 2.75) is 84.4 Å². The summed E-state index contributed by atoms with van der Waals surface area (Å²) in [5.41, 5.74) is -1.21. The van der Waals surface area contributed by atoms with Crippen LogP contribution < -0.4 is 21.5 Å². The van der Waals surface area contributed by atoms with Gasteiger partial charge >= 0.3 is 12.1 Å². The molecule has 1 heterocycles. The van der Waals surface area contributed by atoms with Gasteiger partial charge in [0.1, 0.15) is 30.0 Å². The van der Waals surface area contributed by atoms with Crippen LogP contribution in [0.5, 0.6) is 0 Å². The fourth-order valence-corrected chi connectivity index (χ4v) is 4.95. The summed E-state index contributed by atoms with van der Waals surface area (Å²) in [4.78, 5) is 78.3. The molecule has 2 rings (SSSR count). The molecular formula is C37H44ClF3N4O8. The lowest BCUT2D eigenvalue weighted by Crippen LogP contribution is -2.58. The fraction of sp³-hybridized carbons (Fsp3) is 0.405. The maximum Gasteiger partial charge on any atom is 0.452 e. The van der Waals surface area contributed by atoms with Crippen LogP contribution in [0.1, 0.15) is 57.5 Å². The van der Waals surface area contributed by atoms with Crippen LogP contribution in [0.15, 0.2) is 83.5 Å². The summed E-state index contributed by atoms with van der Waals surface area (Å²) < 4.78 is 51.7. The van der Waals surface area contributed by atoms with Gasteiger partial charge in [0.25, 0.3) is 17.2 Å². The molecule has 0 aliphatic carbocycles. The molecule has 2 aromatic rings. The maximum atomic E-state index is 14.0. The van der Waals surface area contributed by atoms with E-state index in [-0.39, 0.29) is 17.6 Å². The number of ether oxygens (including phenoxy) is 2. The van der Waals surface area contributed by atoms with Gasteiger partial charge in [0.2, 0.25) is 11.8 Å². The normalized spacial score (nSPS) is 13.8. The van der Waals surface area contributed by atoms with Crippen LogP contribution >= 0.6 is 11.6 Å². The van der Waals surface area contributed by atoms with Gasteiger partial charge in [-0.1, -0.05) is 50.2 Å². The van der Waals surface area contributed by atoms with E-state index in [9.17, 15) is 41.9 Å². The molecule has 53 heavy (non-hydrogen) atoms. The minimum atomic E-state index is -5.27. The van der Waals surface area contributed by atoms with Crippen LogP contribution in [-0.4, -0.2) is 71.1 Å². The molecule has 16 heteroatoms. The summed E-state index contributed by atoms with van der Waals surface area (Å²) in [5, 5.41) is 7.39. The quantitative estimate of drug-likeness (QED) is 0.127. The molecule has 0 bridgehead atoms. The molecule has 1 aromatic heterocycles. The van der Waals surface area contributed by atoms with Crippen molar-refractivity contribution >= 4 is 41.1 Å². The van der Waals surface area contributed by atoms with E-state index in [1.165, 1.54) is 45.2 Å². The topological polar surface area (TPSA) is 162 Å². The number of esters is 1. The Morgan fingerprint density at radius 1 is 0.981 bits per heavy atom. The number of aromatic nitrogens is 1. The van der Waals surface area contributed by atoms with Crippen LogP contribution in [-0.2, 0) is 41.6 Å². The van der Waals surface area contributed by atoms with Crippen molar-refractivity contribution in [3.63, 3.8) is 0 Å². The minimum Gasteiger partial charge on any atom is -0.497 e. The van der Waals surface area contributed by atoms with Crippen molar-refractivity contribution in [1.29, 1.82) is 0 Å². The zero-order valence-electron chi connectivity index (χ0n) is 30.4. The molecule has 0 spiro atoms. The minimum absolute atomic E-state index is 0.115. The van der Waals surface area contributed by atoms with Gasteiger partial charge in [-0.05, 0) is 75.1 Å². The second-order valence-electron chi connectivity index (χ2n) is 13.2. The number of hydrogen-bond donors (Lipinski definition) is 3. The first-order valence-electron chi connectivity index (χ1n) is 16.3. The summed E-state index contributed by atoms with van der Waals surface area (Å²) in [6, 6.07) is 3.35.